The summed E-state index contributed by atoms with van der Waals surface area (Å²) in [6.45, 7) is 7.54. The van der Waals surface area contributed by atoms with Crippen molar-refractivity contribution in [1.82, 2.24) is 4.90 Å². The summed E-state index contributed by atoms with van der Waals surface area (Å²) in [4.78, 5) is 4.61. The van der Waals surface area contributed by atoms with Gasteiger partial charge in [-0.3, -0.25) is 0 Å². The molecule has 1 aromatic carbocycles. The number of rotatable bonds is 2. The van der Waals surface area contributed by atoms with E-state index in [9.17, 15) is 0 Å². The maximum Gasteiger partial charge on any atom is 0.0944 e. The average molecular weight is 202 g/mol. The zero-order valence-corrected chi connectivity index (χ0v) is 9.64. The van der Waals surface area contributed by atoms with Crippen molar-refractivity contribution in [2.24, 2.45) is 0 Å². The molecule has 1 aliphatic rings. The van der Waals surface area contributed by atoms with Crippen molar-refractivity contribution in [2.75, 3.05) is 11.6 Å². The number of para-hydroxylation sites is 1. The van der Waals surface area contributed by atoms with Gasteiger partial charge in [0.05, 0.1) is 6.67 Å². The molecule has 0 aromatic heterocycles. The van der Waals surface area contributed by atoms with Gasteiger partial charge < -0.3 is 9.80 Å². The van der Waals surface area contributed by atoms with Gasteiger partial charge in [-0.2, -0.15) is 0 Å². The summed E-state index contributed by atoms with van der Waals surface area (Å²) >= 11 is 0. The van der Waals surface area contributed by atoms with Crippen LogP contribution in [-0.2, 0) is 0 Å². The highest BCUT2D eigenvalue weighted by Crippen LogP contribution is 2.23. The second-order valence-electron chi connectivity index (χ2n) is 4.30. The zero-order chi connectivity index (χ0) is 10.8. The molecule has 0 radical (unpaired) electrons. The molecule has 0 saturated heterocycles. The molecular formula is C13H18N2. The predicted octanol–water partition coefficient (Wildman–Crippen LogP) is 2.95. The van der Waals surface area contributed by atoms with E-state index in [1.807, 2.05) is 0 Å². The van der Waals surface area contributed by atoms with E-state index in [1.165, 1.54) is 11.3 Å². The van der Waals surface area contributed by atoms with Crippen LogP contribution in [0, 0.1) is 6.92 Å². The minimum atomic E-state index is 0.565. The molecule has 2 nitrogen and oxygen atoms in total. The van der Waals surface area contributed by atoms with Crippen molar-refractivity contribution >= 4 is 5.69 Å². The Morgan fingerprint density at radius 3 is 2.47 bits per heavy atom. The number of hydrogen-bond acceptors (Lipinski definition) is 2. The van der Waals surface area contributed by atoms with Crippen molar-refractivity contribution in [3.63, 3.8) is 0 Å². The first-order valence-corrected chi connectivity index (χ1v) is 5.45. The van der Waals surface area contributed by atoms with Gasteiger partial charge in [0.2, 0.25) is 0 Å². The Bertz CT molecular complexity index is 369. The molecule has 0 bridgehead atoms. The molecule has 2 heteroatoms. The van der Waals surface area contributed by atoms with Gasteiger partial charge in [0, 0.05) is 24.1 Å². The maximum absolute atomic E-state index is 2.33. The Morgan fingerprint density at radius 1 is 1.13 bits per heavy atom. The summed E-state index contributed by atoms with van der Waals surface area (Å²) in [5, 5.41) is 0. The zero-order valence-electron chi connectivity index (χ0n) is 9.64. The van der Waals surface area contributed by atoms with Gasteiger partial charge in [-0.05, 0) is 32.4 Å². The number of aryl methyl sites for hydroxylation is 1. The Balaban J connectivity index is 2.16. The van der Waals surface area contributed by atoms with Crippen molar-refractivity contribution in [1.29, 1.82) is 0 Å². The highest BCUT2D eigenvalue weighted by molar-refractivity contribution is 5.55. The number of benzene rings is 1. The fraction of sp³-hybridized carbons (Fsp3) is 0.385. The quantitative estimate of drug-likeness (QED) is 0.727. The monoisotopic (exact) mass is 202 g/mol. The lowest BCUT2D eigenvalue weighted by molar-refractivity contribution is 0.336. The molecule has 1 aliphatic heterocycles. The van der Waals surface area contributed by atoms with Crippen LogP contribution in [0.5, 0.6) is 0 Å². The SMILES string of the molecule is Cc1ccccc1N1C=CN(C(C)C)C1. The van der Waals surface area contributed by atoms with Crippen molar-refractivity contribution in [3.05, 3.63) is 42.2 Å². The van der Waals surface area contributed by atoms with Crippen LogP contribution < -0.4 is 4.90 Å². The second kappa shape index (κ2) is 3.97. The van der Waals surface area contributed by atoms with Crippen molar-refractivity contribution in [2.45, 2.75) is 26.8 Å². The van der Waals surface area contributed by atoms with E-state index in [0.29, 0.717) is 6.04 Å². The largest absolute Gasteiger partial charge is 0.356 e. The molecule has 2 rings (SSSR count). The first-order chi connectivity index (χ1) is 7.18. The van der Waals surface area contributed by atoms with E-state index in [4.69, 9.17) is 0 Å². The lowest BCUT2D eigenvalue weighted by atomic mass is 10.2. The van der Waals surface area contributed by atoms with Gasteiger partial charge in [-0.15, -0.1) is 0 Å². The van der Waals surface area contributed by atoms with Gasteiger partial charge in [-0.25, -0.2) is 0 Å². The highest BCUT2D eigenvalue weighted by Gasteiger charge is 2.16. The molecule has 0 N–H and O–H groups in total. The number of nitrogens with zero attached hydrogens (tertiary/aromatic N) is 2. The highest BCUT2D eigenvalue weighted by atomic mass is 15.3. The molecule has 0 saturated carbocycles. The van der Waals surface area contributed by atoms with Gasteiger partial charge in [-0.1, -0.05) is 18.2 Å². The first kappa shape index (κ1) is 10.1. The molecule has 0 spiro atoms. The summed E-state index contributed by atoms with van der Waals surface area (Å²) in [6.07, 6.45) is 4.32. The summed E-state index contributed by atoms with van der Waals surface area (Å²) < 4.78 is 0. The van der Waals surface area contributed by atoms with Crippen LogP contribution in [0.3, 0.4) is 0 Å². The van der Waals surface area contributed by atoms with Gasteiger partial charge in [0.15, 0.2) is 0 Å². The summed E-state index contributed by atoms with van der Waals surface area (Å²) in [5.41, 5.74) is 2.63. The van der Waals surface area contributed by atoms with E-state index in [1.54, 1.807) is 0 Å². The standard InChI is InChI=1S/C13H18N2/c1-11(2)14-8-9-15(10-14)13-7-5-4-6-12(13)3/h4-9,11H,10H2,1-3H3. The van der Waals surface area contributed by atoms with Gasteiger partial charge in [0.25, 0.3) is 0 Å². The molecule has 80 valence electrons. The van der Waals surface area contributed by atoms with E-state index < -0.39 is 0 Å². The molecule has 0 amide bonds. The third-order valence-electron chi connectivity index (χ3n) is 2.84. The molecule has 1 aromatic rings. The van der Waals surface area contributed by atoms with Crippen LogP contribution in [0.25, 0.3) is 0 Å². The van der Waals surface area contributed by atoms with E-state index in [0.717, 1.165) is 6.67 Å². The van der Waals surface area contributed by atoms with Crippen molar-refractivity contribution in [3.8, 4) is 0 Å². The van der Waals surface area contributed by atoms with Gasteiger partial charge >= 0.3 is 0 Å². The first-order valence-electron chi connectivity index (χ1n) is 5.45. The van der Waals surface area contributed by atoms with Gasteiger partial charge in [0.1, 0.15) is 0 Å². The molecule has 0 atom stereocenters. The molecule has 0 fully saturated rings. The van der Waals surface area contributed by atoms with E-state index in [-0.39, 0.29) is 0 Å². The van der Waals surface area contributed by atoms with Crippen LogP contribution in [0.1, 0.15) is 19.4 Å². The smallest absolute Gasteiger partial charge is 0.0944 e. The summed E-state index contributed by atoms with van der Waals surface area (Å²) in [7, 11) is 0. The fourth-order valence-electron chi connectivity index (χ4n) is 1.81. The minimum Gasteiger partial charge on any atom is -0.356 e. The van der Waals surface area contributed by atoms with E-state index in [2.05, 4.69) is 67.2 Å². The molecular weight excluding hydrogens is 184 g/mol. The Kier molecular flexibility index (Phi) is 2.67. The van der Waals surface area contributed by atoms with E-state index >= 15 is 0 Å². The summed E-state index contributed by atoms with van der Waals surface area (Å²) in [6, 6.07) is 9.06. The molecule has 0 unspecified atom stereocenters. The fourth-order valence-corrected chi connectivity index (χ4v) is 1.81. The third-order valence-corrected chi connectivity index (χ3v) is 2.84. The van der Waals surface area contributed by atoms with Crippen LogP contribution in [0.4, 0.5) is 5.69 Å². The normalized spacial score (nSPS) is 15.5. The topological polar surface area (TPSA) is 6.48 Å². The average Bonchev–Trinajstić information content (AvgIpc) is 2.67. The summed E-state index contributed by atoms with van der Waals surface area (Å²) in [5.74, 6) is 0. The number of hydrogen-bond donors (Lipinski definition) is 0. The Hall–Kier alpha value is -1.44. The molecule has 15 heavy (non-hydrogen) atoms. The lowest BCUT2D eigenvalue weighted by Crippen LogP contribution is -2.30. The number of anilines is 1. The van der Waals surface area contributed by atoms with Crippen molar-refractivity contribution < 1.29 is 0 Å². The third kappa shape index (κ3) is 1.99. The predicted molar refractivity (Wildman–Crippen MR) is 64.6 cm³/mol. The minimum absolute atomic E-state index is 0.565. The molecule has 1 heterocycles. The molecule has 0 aliphatic carbocycles. The van der Waals surface area contributed by atoms with Crippen LogP contribution in [0.2, 0.25) is 0 Å². The van der Waals surface area contributed by atoms with Crippen LogP contribution in [0.15, 0.2) is 36.7 Å². The second-order valence-corrected chi connectivity index (χ2v) is 4.30. The lowest BCUT2D eigenvalue weighted by Gasteiger charge is -2.25. The maximum atomic E-state index is 2.33. The Labute approximate surface area is 91.8 Å². The Morgan fingerprint density at radius 2 is 1.87 bits per heavy atom. The van der Waals surface area contributed by atoms with Crippen LogP contribution >= 0.6 is 0 Å². The van der Waals surface area contributed by atoms with Crippen LogP contribution in [-0.4, -0.2) is 17.6 Å².